The Morgan fingerprint density at radius 2 is 1.10 bits per heavy atom. The van der Waals surface area contributed by atoms with E-state index in [1.54, 1.807) is 44.2 Å². The summed E-state index contributed by atoms with van der Waals surface area (Å²) >= 11 is 0. The van der Waals surface area contributed by atoms with Gasteiger partial charge in [0.2, 0.25) is 47.3 Å². The van der Waals surface area contributed by atoms with Gasteiger partial charge in [0.25, 0.3) is 0 Å². The van der Waals surface area contributed by atoms with Crippen molar-refractivity contribution in [3.05, 3.63) is 65.7 Å². The maximum absolute atomic E-state index is 13.7. The van der Waals surface area contributed by atoms with Crippen molar-refractivity contribution in [2.75, 3.05) is 6.54 Å². The van der Waals surface area contributed by atoms with Gasteiger partial charge in [0.1, 0.15) is 42.0 Å². The molecule has 0 saturated heterocycles. The number of carboxylic acids is 1. The highest BCUT2D eigenvalue weighted by Gasteiger charge is 2.34. The molecule has 0 aromatic heterocycles. The van der Waals surface area contributed by atoms with Crippen molar-refractivity contribution in [2.24, 2.45) is 17.4 Å². The second-order valence-corrected chi connectivity index (χ2v) is 14.5. The van der Waals surface area contributed by atoms with Crippen molar-refractivity contribution in [1.82, 2.24) is 37.2 Å². The number of hydrogen-bond donors (Lipinski definition) is 12. The molecule has 2 aromatic carbocycles. The number of aliphatic hydroxyl groups excluding tert-OH is 1. The smallest absolute Gasteiger partial charge is 0.325 e. The molecule has 0 bridgehead atoms. The lowest BCUT2D eigenvalue weighted by atomic mass is 10.0. The number of rotatable bonds is 23. The van der Waals surface area contributed by atoms with Crippen molar-refractivity contribution >= 4 is 53.2 Å². The van der Waals surface area contributed by atoms with Gasteiger partial charge in [-0.25, -0.2) is 0 Å². The molecule has 0 saturated carbocycles. The summed E-state index contributed by atoms with van der Waals surface area (Å²) in [6.45, 7) is 6.53. The second kappa shape index (κ2) is 23.7. The summed E-state index contributed by atoms with van der Waals surface area (Å²) in [4.78, 5) is 116. The molecule has 0 aliphatic rings. The van der Waals surface area contributed by atoms with E-state index in [9.17, 15) is 58.5 Å². The number of aliphatic carboxylic acids is 1. The van der Waals surface area contributed by atoms with Crippen LogP contribution in [0.3, 0.4) is 0 Å². The van der Waals surface area contributed by atoms with E-state index in [1.165, 1.54) is 31.2 Å². The highest BCUT2D eigenvalue weighted by molar-refractivity contribution is 5.98. The minimum absolute atomic E-state index is 0.0282. The summed E-state index contributed by atoms with van der Waals surface area (Å²) in [5.74, 6) is -9.07. The van der Waals surface area contributed by atoms with E-state index in [-0.39, 0.29) is 24.5 Å². The fraction of sp³-hybridized carbons (Fsp3) is 0.462. The summed E-state index contributed by atoms with van der Waals surface area (Å²) in [5.41, 5.74) is 12.2. The number of carbonyl (C=O) groups is 9. The van der Waals surface area contributed by atoms with Gasteiger partial charge in [-0.2, -0.15) is 0 Å². The third-order valence-corrected chi connectivity index (χ3v) is 8.97. The molecule has 0 radical (unpaired) electrons. The number of aliphatic hydroxyl groups is 1. The van der Waals surface area contributed by atoms with Crippen LogP contribution in [0.15, 0.2) is 54.6 Å². The van der Waals surface area contributed by atoms with Crippen LogP contribution in [-0.2, 0) is 56.0 Å². The molecule has 0 heterocycles. The summed E-state index contributed by atoms with van der Waals surface area (Å²) in [6.07, 6.45) is -2.64. The minimum atomic E-state index is -1.72. The minimum Gasteiger partial charge on any atom is -0.508 e. The number of carboxylic acid groups (broad SMARTS) is 1. The van der Waals surface area contributed by atoms with E-state index in [2.05, 4.69) is 37.2 Å². The zero-order valence-electron chi connectivity index (χ0n) is 33.9. The van der Waals surface area contributed by atoms with E-state index in [1.807, 2.05) is 0 Å². The number of phenols is 1. The highest BCUT2D eigenvalue weighted by atomic mass is 16.4. The number of nitrogens with two attached hydrogens (primary N) is 2. The lowest BCUT2D eigenvalue weighted by Crippen LogP contribution is -2.61. The zero-order chi connectivity index (χ0) is 45.3. The topological polar surface area (TPSA) is 351 Å². The van der Waals surface area contributed by atoms with Crippen molar-refractivity contribution in [3.63, 3.8) is 0 Å². The molecule has 21 nitrogen and oxygen atoms in total. The number of nitrogens with one attached hydrogen (secondary N) is 7. The van der Waals surface area contributed by atoms with Crippen LogP contribution in [-0.4, -0.2) is 123 Å². The molecular weight excluding hydrogens is 786 g/mol. The van der Waals surface area contributed by atoms with Gasteiger partial charge < -0.3 is 64.0 Å². The number of benzene rings is 2. The Morgan fingerprint density at radius 3 is 1.63 bits per heavy atom. The molecule has 2 rings (SSSR count). The van der Waals surface area contributed by atoms with Crippen LogP contribution in [0.25, 0.3) is 0 Å². The predicted molar refractivity (Wildman–Crippen MR) is 214 cm³/mol. The fourth-order valence-corrected chi connectivity index (χ4v) is 5.35. The molecule has 0 aliphatic carbocycles. The van der Waals surface area contributed by atoms with Crippen molar-refractivity contribution < 1.29 is 58.5 Å². The normalized spacial score (nSPS) is 14.9. The lowest BCUT2D eigenvalue weighted by Gasteiger charge is -2.27. The maximum Gasteiger partial charge on any atom is 0.325 e. The van der Waals surface area contributed by atoms with Crippen LogP contribution < -0.4 is 48.7 Å². The average molecular weight is 842 g/mol. The van der Waals surface area contributed by atoms with E-state index in [4.69, 9.17) is 11.5 Å². The van der Waals surface area contributed by atoms with E-state index in [0.717, 1.165) is 13.8 Å². The Balaban J connectivity index is 2.28. The number of primary amides is 1. The first kappa shape index (κ1) is 49.5. The molecule has 0 fully saturated rings. The first-order valence-electron chi connectivity index (χ1n) is 18.9. The highest BCUT2D eigenvalue weighted by Crippen LogP contribution is 2.13. The first-order valence-corrected chi connectivity index (χ1v) is 18.9. The number of phenolic OH excluding ortho intramolecular Hbond substituents is 1. The summed E-state index contributed by atoms with van der Waals surface area (Å²) in [6, 6.07) is 4.12. The van der Waals surface area contributed by atoms with Crippen LogP contribution in [0.5, 0.6) is 5.75 Å². The number of hydrogen-bond acceptors (Lipinski definition) is 12. The van der Waals surface area contributed by atoms with Crippen molar-refractivity contribution in [2.45, 2.75) is 102 Å². The Hall–Kier alpha value is -6.61. The molecular formula is C39H55N9O12. The van der Waals surface area contributed by atoms with Gasteiger partial charge in [0.05, 0.1) is 25.1 Å². The molecule has 8 atom stereocenters. The largest absolute Gasteiger partial charge is 0.508 e. The first-order chi connectivity index (χ1) is 28.1. The third-order valence-electron chi connectivity index (χ3n) is 8.97. The molecule has 328 valence electrons. The lowest BCUT2D eigenvalue weighted by molar-refractivity contribution is -0.142. The predicted octanol–water partition coefficient (Wildman–Crippen LogP) is -3.43. The third kappa shape index (κ3) is 16.7. The van der Waals surface area contributed by atoms with Crippen molar-refractivity contribution in [1.29, 1.82) is 0 Å². The van der Waals surface area contributed by atoms with Crippen LogP contribution in [0, 0.1) is 5.92 Å². The Kier molecular flexibility index (Phi) is 19.6. The van der Waals surface area contributed by atoms with E-state index < -0.39 is 115 Å². The zero-order valence-corrected chi connectivity index (χ0v) is 33.9. The molecule has 0 unspecified atom stereocenters. The Bertz CT molecular complexity index is 1840. The van der Waals surface area contributed by atoms with Gasteiger partial charge >= 0.3 is 5.97 Å². The quantitative estimate of drug-likeness (QED) is 0.0519. The molecule has 2 aromatic rings. The van der Waals surface area contributed by atoms with E-state index in [0.29, 0.717) is 11.1 Å². The van der Waals surface area contributed by atoms with Gasteiger partial charge in [-0.15, -0.1) is 0 Å². The standard InChI is InChI=1S/C39H55N9O12/c1-19(2)31(41)37(57)42-18-30(52)45-26(15-23-9-7-6-8-10-23)34(54)43-20(3)33(53)46-28(17-29(40)51)35(55)47-27(16-24-11-13-25(50)14-12-24)36(56)48-32(22(5)49)38(58)44-21(4)39(59)60/h6-14,19-22,26-28,31-32,49-50H,15-18,41H2,1-5H3,(H2,40,51)(H,42,57)(H,43,54)(H,44,58)(H,45,52)(H,46,53)(H,47,55)(H,48,56)(H,59,60)/t20-,21-,22+,26-,27-,28-,31-,32-/m0/s1. The van der Waals surface area contributed by atoms with Crippen molar-refractivity contribution in [3.8, 4) is 5.75 Å². The second-order valence-electron chi connectivity index (χ2n) is 14.5. The number of carbonyl (C=O) groups excluding carboxylic acids is 8. The number of amides is 8. The molecule has 8 amide bonds. The maximum atomic E-state index is 13.7. The Morgan fingerprint density at radius 1 is 0.600 bits per heavy atom. The molecule has 0 aliphatic heterocycles. The SMILES string of the molecule is CC(C)[C@H](N)C(=O)NCC(=O)N[C@@H](Cc1ccccc1)C(=O)N[C@@H](C)C(=O)N[C@@H](CC(N)=O)C(=O)N[C@@H](Cc1ccc(O)cc1)C(=O)N[C@H](C(=O)N[C@@H](C)C(=O)O)[C@@H](C)O. The van der Waals surface area contributed by atoms with Gasteiger partial charge in [-0.3, -0.25) is 43.2 Å². The van der Waals surface area contributed by atoms with Crippen LogP contribution in [0.1, 0.15) is 52.2 Å². The molecule has 60 heavy (non-hydrogen) atoms. The van der Waals surface area contributed by atoms with Crippen LogP contribution in [0.2, 0.25) is 0 Å². The number of aromatic hydroxyl groups is 1. The fourth-order valence-electron chi connectivity index (χ4n) is 5.35. The van der Waals surface area contributed by atoms with E-state index >= 15 is 0 Å². The average Bonchev–Trinajstić information content (AvgIpc) is 3.18. The summed E-state index contributed by atoms with van der Waals surface area (Å²) in [7, 11) is 0. The molecule has 0 spiro atoms. The van der Waals surface area contributed by atoms with Crippen LogP contribution >= 0.6 is 0 Å². The van der Waals surface area contributed by atoms with Crippen LogP contribution in [0.4, 0.5) is 0 Å². The molecule has 21 heteroatoms. The van der Waals surface area contributed by atoms with Gasteiger partial charge in [-0.05, 0) is 49.9 Å². The monoisotopic (exact) mass is 841 g/mol. The van der Waals surface area contributed by atoms with Gasteiger partial charge in [0, 0.05) is 12.8 Å². The van der Waals surface area contributed by atoms with Gasteiger partial charge in [-0.1, -0.05) is 56.3 Å². The molecule has 14 N–H and O–H groups in total. The summed E-state index contributed by atoms with van der Waals surface area (Å²) in [5, 5.41) is 45.7. The summed E-state index contributed by atoms with van der Waals surface area (Å²) < 4.78 is 0. The Labute approximate surface area is 346 Å². The van der Waals surface area contributed by atoms with Gasteiger partial charge in [0.15, 0.2) is 0 Å².